The van der Waals surface area contributed by atoms with Crippen LogP contribution >= 0.6 is 7.60 Å². The Morgan fingerprint density at radius 3 is 2.39 bits per heavy atom. The first-order chi connectivity index (χ1) is 13.2. The summed E-state index contributed by atoms with van der Waals surface area (Å²) in [5.74, 6) is -1.43. The molecule has 1 heterocycles. The predicted octanol–water partition coefficient (Wildman–Crippen LogP) is 4.68. The van der Waals surface area contributed by atoms with Crippen LogP contribution in [-0.2, 0) is 23.1 Å². The number of esters is 1. The predicted molar refractivity (Wildman–Crippen MR) is 103 cm³/mol. The van der Waals surface area contributed by atoms with Gasteiger partial charge in [-0.25, -0.2) is 4.79 Å². The maximum absolute atomic E-state index is 13.3. The third-order valence-electron chi connectivity index (χ3n) is 3.86. The summed E-state index contributed by atoms with van der Waals surface area (Å²) in [6.45, 7) is 6.84. The largest absolute Gasteiger partial charge is 0.459 e. The van der Waals surface area contributed by atoms with E-state index in [1.807, 2.05) is 0 Å². The molecule has 1 aliphatic heterocycles. The molecule has 2 rings (SSSR count). The zero-order valence-corrected chi connectivity index (χ0v) is 17.3. The smallest absolute Gasteiger partial charge is 0.359 e. The Balaban J connectivity index is 2.11. The van der Waals surface area contributed by atoms with E-state index in [-0.39, 0.29) is 25.2 Å². The number of azide groups is 1. The zero-order valence-electron chi connectivity index (χ0n) is 16.4. The molecule has 0 bridgehead atoms. The highest BCUT2D eigenvalue weighted by atomic mass is 31.2. The van der Waals surface area contributed by atoms with Crippen LogP contribution in [0.5, 0.6) is 0 Å². The molecule has 28 heavy (non-hydrogen) atoms. The average molecular weight is 411 g/mol. The van der Waals surface area contributed by atoms with Gasteiger partial charge in [0.2, 0.25) is 0 Å². The minimum atomic E-state index is -3.63. The lowest BCUT2D eigenvalue weighted by Gasteiger charge is -2.27. The quantitative estimate of drug-likeness (QED) is 0.191. The Bertz CT molecular complexity index is 737. The number of carbonyl (C=O) groups is 1. The van der Waals surface area contributed by atoms with E-state index in [1.165, 1.54) is 0 Å². The van der Waals surface area contributed by atoms with Gasteiger partial charge in [0, 0.05) is 4.91 Å². The number of hydrogen-bond acceptors (Lipinski definition) is 7. The summed E-state index contributed by atoms with van der Waals surface area (Å²) < 4.78 is 35.5. The zero-order chi connectivity index (χ0) is 20.7. The van der Waals surface area contributed by atoms with Crippen molar-refractivity contribution in [3.63, 3.8) is 0 Å². The molecule has 3 atom stereocenters. The van der Waals surface area contributed by atoms with Crippen molar-refractivity contribution in [3.8, 4) is 0 Å². The van der Waals surface area contributed by atoms with E-state index < -0.39 is 31.6 Å². The number of hydrogen-bond donors (Lipinski definition) is 0. The van der Waals surface area contributed by atoms with Crippen molar-refractivity contribution in [2.45, 2.75) is 64.3 Å². The van der Waals surface area contributed by atoms with Gasteiger partial charge in [0.05, 0.1) is 23.8 Å². The van der Waals surface area contributed by atoms with Gasteiger partial charge in [-0.3, -0.25) is 4.57 Å². The Kier molecular flexibility index (Phi) is 8.04. The van der Waals surface area contributed by atoms with Crippen LogP contribution in [0.25, 0.3) is 10.4 Å². The number of benzene rings is 1. The first kappa shape index (κ1) is 22.4. The Morgan fingerprint density at radius 1 is 1.25 bits per heavy atom. The van der Waals surface area contributed by atoms with E-state index >= 15 is 0 Å². The van der Waals surface area contributed by atoms with Crippen LogP contribution in [0.2, 0.25) is 0 Å². The topological polar surface area (TPSA) is 120 Å². The van der Waals surface area contributed by atoms with Crippen molar-refractivity contribution in [2.24, 2.45) is 5.11 Å². The van der Waals surface area contributed by atoms with Crippen LogP contribution < -0.4 is 0 Å². The van der Waals surface area contributed by atoms with Crippen LogP contribution in [-0.4, -0.2) is 42.8 Å². The SMILES string of the molecule is CC(C)OP(=O)(OC(C)C)[C@H]1C[C@@H](N=[N+]=[N-])[C@@H](COC(=O)c2ccccc2)O1. The van der Waals surface area contributed by atoms with Crippen molar-refractivity contribution in [1.82, 2.24) is 0 Å². The highest BCUT2D eigenvalue weighted by molar-refractivity contribution is 7.54. The maximum Gasteiger partial charge on any atom is 0.359 e. The fourth-order valence-electron chi connectivity index (χ4n) is 2.81. The van der Waals surface area contributed by atoms with Crippen molar-refractivity contribution >= 4 is 13.6 Å². The van der Waals surface area contributed by atoms with E-state index in [2.05, 4.69) is 10.0 Å². The summed E-state index contributed by atoms with van der Waals surface area (Å²) in [5.41, 5.74) is 9.24. The lowest BCUT2D eigenvalue weighted by atomic mass is 10.1. The van der Waals surface area contributed by atoms with Gasteiger partial charge < -0.3 is 18.5 Å². The second-order valence-corrected chi connectivity index (χ2v) is 9.03. The fourth-order valence-corrected chi connectivity index (χ4v) is 5.09. The van der Waals surface area contributed by atoms with Crippen molar-refractivity contribution < 1.29 is 27.9 Å². The second kappa shape index (κ2) is 10.0. The number of ether oxygens (including phenoxy) is 2. The molecular formula is C18H26N3O6P. The van der Waals surface area contributed by atoms with Crippen molar-refractivity contribution in [2.75, 3.05) is 6.61 Å². The third-order valence-corrected chi connectivity index (χ3v) is 6.33. The van der Waals surface area contributed by atoms with Gasteiger partial charge in [-0.15, -0.1) is 0 Å². The lowest BCUT2D eigenvalue weighted by molar-refractivity contribution is -0.00326. The van der Waals surface area contributed by atoms with E-state index in [0.717, 1.165) is 0 Å². The van der Waals surface area contributed by atoms with Crippen LogP contribution in [0.1, 0.15) is 44.5 Å². The molecule has 0 N–H and O–H groups in total. The summed E-state index contributed by atoms with van der Waals surface area (Å²) >= 11 is 0. The molecule has 1 fully saturated rings. The van der Waals surface area contributed by atoms with Gasteiger partial charge in [-0.2, -0.15) is 0 Å². The molecule has 0 aliphatic carbocycles. The van der Waals surface area contributed by atoms with Gasteiger partial charge in [0.1, 0.15) is 12.7 Å². The molecule has 1 aromatic rings. The molecule has 0 amide bonds. The summed E-state index contributed by atoms with van der Waals surface area (Å²) in [6.07, 6.45) is -1.29. The van der Waals surface area contributed by atoms with Crippen LogP contribution in [0.4, 0.5) is 0 Å². The normalized spacial score (nSPS) is 22.3. The monoisotopic (exact) mass is 411 g/mol. The van der Waals surface area contributed by atoms with Gasteiger partial charge in [-0.05, 0) is 51.8 Å². The molecule has 1 aliphatic rings. The summed E-state index contributed by atoms with van der Waals surface area (Å²) in [4.78, 5) is 15.0. The molecule has 1 saturated heterocycles. The first-order valence-electron chi connectivity index (χ1n) is 9.13. The standard InChI is InChI=1S/C18H26N3O6P/c1-12(2)26-28(23,27-13(3)4)17-10-15(20-21-19)16(25-17)11-24-18(22)14-8-6-5-7-9-14/h5-9,12-13,15-17H,10-11H2,1-4H3/t15-,16-,17+/m1/s1. The van der Waals surface area contributed by atoms with E-state index in [4.69, 9.17) is 24.1 Å². The van der Waals surface area contributed by atoms with E-state index in [0.29, 0.717) is 5.56 Å². The van der Waals surface area contributed by atoms with Gasteiger partial charge >= 0.3 is 13.6 Å². The fraction of sp³-hybridized carbons (Fsp3) is 0.611. The summed E-state index contributed by atoms with van der Waals surface area (Å²) in [6, 6.07) is 7.85. The van der Waals surface area contributed by atoms with Gasteiger partial charge in [0.25, 0.3) is 0 Å². The van der Waals surface area contributed by atoms with Gasteiger partial charge in [-0.1, -0.05) is 23.3 Å². The molecule has 9 nitrogen and oxygen atoms in total. The highest BCUT2D eigenvalue weighted by Gasteiger charge is 2.48. The minimum Gasteiger partial charge on any atom is -0.459 e. The number of nitrogens with zero attached hydrogens (tertiary/aromatic N) is 3. The highest BCUT2D eigenvalue weighted by Crippen LogP contribution is 2.59. The molecule has 0 radical (unpaired) electrons. The Hall–Kier alpha value is -1.89. The van der Waals surface area contributed by atoms with Gasteiger partial charge in [0.15, 0.2) is 5.85 Å². The summed E-state index contributed by atoms with van der Waals surface area (Å²) in [7, 11) is -3.63. The maximum atomic E-state index is 13.3. The average Bonchev–Trinajstić information content (AvgIpc) is 3.03. The Morgan fingerprint density at radius 2 is 1.86 bits per heavy atom. The first-order valence-corrected chi connectivity index (χ1v) is 10.7. The minimum absolute atomic E-state index is 0.142. The molecule has 0 aromatic heterocycles. The molecule has 0 saturated carbocycles. The molecule has 0 unspecified atom stereocenters. The van der Waals surface area contributed by atoms with E-state index in [1.54, 1.807) is 58.0 Å². The molecule has 1 aromatic carbocycles. The Labute approximate surface area is 164 Å². The molecule has 10 heteroatoms. The van der Waals surface area contributed by atoms with Crippen LogP contribution in [0.3, 0.4) is 0 Å². The van der Waals surface area contributed by atoms with Crippen molar-refractivity contribution in [1.29, 1.82) is 0 Å². The second-order valence-electron chi connectivity index (χ2n) is 6.95. The van der Waals surface area contributed by atoms with Crippen LogP contribution in [0, 0.1) is 0 Å². The van der Waals surface area contributed by atoms with E-state index in [9.17, 15) is 9.36 Å². The third kappa shape index (κ3) is 6.06. The lowest BCUT2D eigenvalue weighted by Crippen LogP contribution is -2.27. The van der Waals surface area contributed by atoms with Crippen LogP contribution in [0.15, 0.2) is 35.4 Å². The number of carbonyl (C=O) groups excluding carboxylic acids is 1. The molecular weight excluding hydrogens is 385 g/mol. The molecule has 154 valence electrons. The summed E-state index contributed by atoms with van der Waals surface area (Å²) in [5, 5.41) is 3.71. The molecule has 0 spiro atoms. The number of rotatable bonds is 9. The van der Waals surface area contributed by atoms with Crippen molar-refractivity contribution in [3.05, 3.63) is 46.3 Å².